The third kappa shape index (κ3) is 2.30. The molecule has 2 aliphatic rings. The largest absolute Gasteiger partial charge is 0.342 e. The number of nitrogens with one attached hydrogen (secondary N) is 1. The molecular formula is C18H17ClN2O. The second kappa shape index (κ2) is 5.10. The van der Waals surface area contributed by atoms with Crippen LogP contribution in [0.5, 0.6) is 0 Å². The number of carbonyl (C=O) groups excluding carboxylic acids is 1. The van der Waals surface area contributed by atoms with Gasteiger partial charge in [0.05, 0.1) is 11.1 Å². The first-order valence-corrected chi connectivity index (χ1v) is 8.12. The molecular weight excluding hydrogens is 296 g/mol. The van der Waals surface area contributed by atoms with Gasteiger partial charge in [-0.2, -0.15) is 0 Å². The van der Waals surface area contributed by atoms with E-state index in [9.17, 15) is 4.79 Å². The highest BCUT2D eigenvalue weighted by atomic mass is 35.5. The third-order valence-corrected chi connectivity index (χ3v) is 4.97. The van der Waals surface area contributed by atoms with Crippen molar-refractivity contribution in [3.63, 3.8) is 0 Å². The molecule has 3 nitrogen and oxygen atoms in total. The number of pyridine rings is 1. The number of halogens is 1. The molecule has 2 aliphatic carbocycles. The van der Waals surface area contributed by atoms with E-state index in [1.165, 1.54) is 5.56 Å². The first-order valence-electron chi connectivity index (χ1n) is 7.74. The molecule has 0 aliphatic heterocycles. The highest BCUT2D eigenvalue weighted by Crippen LogP contribution is 2.45. The van der Waals surface area contributed by atoms with Crippen LogP contribution in [0.4, 0.5) is 0 Å². The normalized spacial score (nSPS) is 17.9. The van der Waals surface area contributed by atoms with E-state index in [1.807, 2.05) is 24.3 Å². The number of fused-ring (bicyclic) bond motifs is 1. The van der Waals surface area contributed by atoms with Gasteiger partial charge in [-0.25, -0.2) is 4.98 Å². The molecule has 0 radical (unpaired) electrons. The zero-order valence-electron chi connectivity index (χ0n) is 12.2. The quantitative estimate of drug-likeness (QED) is 0.879. The summed E-state index contributed by atoms with van der Waals surface area (Å²) in [5.74, 6) is -0.117. The van der Waals surface area contributed by atoms with E-state index in [1.54, 1.807) is 0 Å². The van der Waals surface area contributed by atoms with Crippen molar-refractivity contribution >= 4 is 17.5 Å². The fraction of sp³-hybridized carbons (Fsp3) is 0.333. The van der Waals surface area contributed by atoms with Gasteiger partial charge >= 0.3 is 0 Å². The average molecular weight is 313 g/mol. The number of hydrogen-bond acceptors (Lipinski definition) is 2. The molecule has 4 rings (SSSR count). The molecule has 22 heavy (non-hydrogen) atoms. The number of nitrogens with zero attached hydrogens (tertiary/aromatic N) is 1. The molecule has 0 saturated heterocycles. The lowest BCUT2D eigenvalue weighted by atomic mass is 10.0. The number of benzene rings is 1. The number of amides is 1. The predicted molar refractivity (Wildman–Crippen MR) is 86.1 cm³/mol. The Morgan fingerprint density at radius 1 is 1.18 bits per heavy atom. The molecule has 1 heterocycles. The van der Waals surface area contributed by atoms with Crippen molar-refractivity contribution in [2.45, 2.75) is 37.6 Å². The van der Waals surface area contributed by atoms with Crippen LogP contribution in [0.25, 0.3) is 0 Å². The van der Waals surface area contributed by atoms with E-state index >= 15 is 0 Å². The summed E-state index contributed by atoms with van der Waals surface area (Å²) in [6.45, 7) is 0. The molecule has 1 saturated carbocycles. The second-order valence-corrected chi connectivity index (χ2v) is 6.55. The first-order chi connectivity index (χ1) is 10.7. The monoisotopic (exact) mass is 312 g/mol. The summed E-state index contributed by atoms with van der Waals surface area (Å²) in [7, 11) is 0. The maximum atomic E-state index is 12.7. The topological polar surface area (TPSA) is 42.0 Å². The van der Waals surface area contributed by atoms with E-state index in [2.05, 4.69) is 22.4 Å². The summed E-state index contributed by atoms with van der Waals surface area (Å²) in [5.41, 5.74) is 3.66. The van der Waals surface area contributed by atoms with Crippen molar-refractivity contribution in [2.75, 3.05) is 0 Å². The SMILES string of the molecule is O=C(NC1(c2ccccc2)CC1)c1cc2c(nc1Cl)CCC2. The van der Waals surface area contributed by atoms with E-state index in [0.29, 0.717) is 10.7 Å². The number of rotatable bonds is 3. The summed E-state index contributed by atoms with van der Waals surface area (Å²) < 4.78 is 0. The minimum absolute atomic E-state index is 0.117. The molecule has 1 N–H and O–H groups in total. The Labute approximate surface area is 134 Å². The summed E-state index contributed by atoms with van der Waals surface area (Å²) in [5, 5.41) is 3.49. The van der Waals surface area contributed by atoms with Crippen molar-refractivity contribution in [3.05, 3.63) is 63.9 Å². The summed E-state index contributed by atoms with van der Waals surface area (Å²) in [4.78, 5) is 17.1. The van der Waals surface area contributed by atoms with Gasteiger partial charge in [-0.1, -0.05) is 41.9 Å². The Bertz CT molecular complexity index is 738. The van der Waals surface area contributed by atoms with Crippen LogP contribution in [0.1, 0.15) is 46.4 Å². The minimum atomic E-state index is -0.222. The van der Waals surface area contributed by atoms with Gasteiger partial charge in [0, 0.05) is 5.69 Å². The molecule has 0 atom stereocenters. The lowest BCUT2D eigenvalue weighted by Gasteiger charge is -2.18. The third-order valence-electron chi connectivity index (χ3n) is 4.68. The molecule has 1 amide bonds. The minimum Gasteiger partial charge on any atom is -0.342 e. The highest BCUT2D eigenvalue weighted by Gasteiger charge is 2.45. The van der Waals surface area contributed by atoms with E-state index < -0.39 is 0 Å². The van der Waals surface area contributed by atoms with Crippen LogP contribution in [0.2, 0.25) is 5.15 Å². The average Bonchev–Trinajstić information content (AvgIpc) is 3.17. The molecule has 0 spiro atoms. The Morgan fingerprint density at radius 3 is 2.68 bits per heavy atom. The Morgan fingerprint density at radius 2 is 1.95 bits per heavy atom. The molecule has 1 fully saturated rings. The van der Waals surface area contributed by atoms with Crippen LogP contribution in [0, 0.1) is 0 Å². The van der Waals surface area contributed by atoms with Gasteiger partial charge in [0.1, 0.15) is 5.15 Å². The Balaban J connectivity index is 1.61. The highest BCUT2D eigenvalue weighted by molar-refractivity contribution is 6.32. The maximum Gasteiger partial charge on any atom is 0.255 e. The van der Waals surface area contributed by atoms with Crippen LogP contribution in [-0.4, -0.2) is 10.9 Å². The first kappa shape index (κ1) is 13.8. The van der Waals surface area contributed by atoms with Crippen molar-refractivity contribution in [1.82, 2.24) is 10.3 Å². The van der Waals surface area contributed by atoms with Gasteiger partial charge in [-0.05, 0) is 49.3 Å². The number of hydrogen-bond donors (Lipinski definition) is 1. The standard InChI is InChI=1S/C18H17ClN2O/c19-16-14(11-12-5-4-8-15(12)20-16)17(22)21-18(9-10-18)13-6-2-1-3-7-13/h1-3,6-7,11H,4-5,8-10H2,(H,21,22). The lowest BCUT2D eigenvalue weighted by molar-refractivity contribution is 0.0930. The summed E-state index contributed by atoms with van der Waals surface area (Å²) in [6.07, 6.45) is 4.99. The smallest absolute Gasteiger partial charge is 0.255 e. The molecule has 4 heteroatoms. The van der Waals surface area contributed by atoms with Gasteiger partial charge in [0.15, 0.2) is 0 Å². The van der Waals surface area contributed by atoms with Gasteiger partial charge in [0.25, 0.3) is 5.91 Å². The van der Waals surface area contributed by atoms with Crippen LogP contribution < -0.4 is 5.32 Å². The van der Waals surface area contributed by atoms with Crippen LogP contribution >= 0.6 is 11.6 Å². The van der Waals surface area contributed by atoms with Crippen molar-refractivity contribution in [2.24, 2.45) is 0 Å². The molecule has 0 unspecified atom stereocenters. The predicted octanol–water partition coefficient (Wildman–Crippen LogP) is 3.64. The van der Waals surface area contributed by atoms with Crippen molar-refractivity contribution in [1.29, 1.82) is 0 Å². The number of aromatic nitrogens is 1. The zero-order chi connectivity index (χ0) is 15.2. The van der Waals surface area contributed by atoms with Gasteiger partial charge in [0.2, 0.25) is 0 Å². The van der Waals surface area contributed by atoms with Crippen molar-refractivity contribution < 1.29 is 4.79 Å². The Hall–Kier alpha value is -1.87. The van der Waals surface area contributed by atoms with Gasteiger partial charge < -0.3 is 5.32 Å². The van der Waals surface area contributed by atoms with Crippen LogP contribution in [0.3, 0.4) is 0 Å². The molecule has 1 aromatic heterocycles. The summed E-state index contributed by atoms with van der Waals surface area (Å²) in [6, 6.07) is 12.1. The van der Waals surface area contributed by atoms with E-state index in [0.717, 1.165) is 43.4 Å². The van der Waals surface area contributed by atoms with Crippen LogP contribution in [-0.2, 0) is 18.4 Å². The lowest BCUT2D eigenvalue weighted by Crippen LogP contribution is -2.35. The molecule has 0 bridgehead atoms. The van der Waals surface area contributed by atoms with Gasteiger partial charge in [-0.15, -0.1) is 0 Å². The van der Waals surface area contributed by atoms with E-state index in [-0.39, 0.29) is 11.4 Å². The number of aryl methyl sites for hydroxylation is 2. The fourth-order valence-electron chi connectivity index (χ4n) is 3.26. The summed E-state index contributed by atoms with van der Waals surface area (Å²) >= 11 is 6.23. The second-order valence-electron chi connectivity index (χ2n) is 6.19. The van der Waals surface area contributed by atoms with E-state index in [4.69, 9.17) is 11.6 Å². The van der Waals surface area contributed by atoms with Crippen LogP contribution in [0.15, 0.2) is 36.4 Å². The zero-order valence-corrected chi connectivity index (χ0v) is 13.0. The molecule has 2 aromatic rings. The van der Waals surface area contributed by atoms with Crippen molar-refractivity contribution in [3.8, 4) is 0 Å². The fourth-order valence-corrected chi connectivity index (χ4v) is 3.50. The molecule has 1 aromatic carbocycles. The molecule has 112 valence electrons. The maximum absolute atomic E-state index is 12.7. The number of carbonyl (C=O) groups is 1. The van der Waals surface area contributed by atoms with Gasteiger partial charge in [-0.3, -0.25) is 4.79 Å². The Kier molecular flexibility index (Phi) is 3.19.